The van der Waals surface area contributed by atoms with Crippen molar-refractivity contribution in [2.45, 2.75) is 45.1 Å². The first kappa shape index (κ1) is 15.0. The van der Waals surface area contributed by atoms with E-state index >= 15 is 0 Å². The molecular weight excluding hydrogens is 280 g/mol. The molecule has 1 aromatic rings. The maximum Gasteiger partial charge on any atom is 0.269 e. The third-order valence-corrected chi connectivity index (χ3v) is 5.34. The van der Waals surface area contributed by atoms with Gasteiger partial charge in [0.1, 0.15) is 0 Å². The number of nitrogens with one attached hydrogen (secondary N) is 1. The Morgan fingerprint density at radius 3 is 2.59 bits per heavy atom. The van der Waals surface area contributed by atoms with Gasteiger partial charge in [0, 0.05) is 18.2 Å². The van der Waals surface area contributed by atoms with Crippen molar-refractivity contribution in [3.63, 3.8) is 0 Å². The van der Waals surface area contributed by atoms with Gasteiger partial charge < -0.3 is 5.32 Å². The molecule has 0 heterocycles. The molecular formula is C17H22N2O3. The first-order valence-electron chi connectivity index (χ1n) is 8.05. The topological polar surface area (TPSA) is 72.2 Å². The molecule has 1 aromatic carbocycles. The molecule has 1 amide bonds. The largest absolute Gasteiger partial charge is 0.353 e. The van der Waals surface area contributed by atoms with Crippen molar-refractivity contribution < 1.29 is 9.72 Å². The average Bonchev–Trinajstić information content (AvgIpc) is 3.10. The maximum atomic E-state index is 12.2. The van der Waals surface area contributed by atoms with E-state index in [1.165, 1.54) is 37.8 Å². The van der Waals surface area contributed by atoms with Crippen molar-refractivity contribution in [1.29, 1.82) is 0 Å². The highest BCUT2D eigenvalue weighted by atomic mass is 16.6. The predicted octanol–water partition coefficient (Wildman–Crippen LogP) is 3.08. The summed E-state index contributed by atoms with van der Waals surface area (Å²) in [5.41, 5.74) is 0.864. The molecule has 0 radical (unpaired) electrons. The van der Waals surface area contributed by atoms with Gasteiger partial charge in [-0.3, -0.25) is 14.9 Å². The summed E-state index contributed by atoms with van der Waals surface area (Å²) in [5.74, 6) is 2.30. The highest BCUT2D eigenvalue weighted by Gasteiger charge is 2.42. The number of nitro groups is 1. The molecule has 118 valence electrons. The summed E-state index contributed by atoms with van der Waals surface area (Å²) in [6.07, 6.45) is 5.56. The fourth-order valence-electron chi connectivity index (χ4n) is 4.24. The van der Waals surface area contributed by atoms with Crippen LogP contribution in [0.5, 0.6) is 0 Å². The van der Waals surface area contributed by atoms with Crippen LogP contribution in [0.4, 0.5) is 5.69 Å². The minimum Gasteiger partial charge on any atom is -0.353 e. The zero-order valence-electron chi connectivity index (χ0n) is 12.8. The Kier molecular flexibility index (Phi) is 4.14. The lowest BCUT2D eigenvalue weighted by Gasteiger charge is -2.28. The van der Waals surface area contributed by atoms with Gasteiger partial charge >= 0.3 is 0 Å². The number of fused-ring (bicyclic) bond motifs is 2. The van der Waals surface area contributed by atoms with E-state index in [2.05, 4.69) is 12.2 Å². The fraction of sp³-hybridized carbons (Fsp3) is 0.588. The quantitative estimate of drug-likeness (QED) is 0.671. The van der Waals surface area contributed by atoms with Crippen LogP contribution in [-0.2, 0) is 11.2 Å². The first-order valence-corrected chi connectivity index (χ1v) is 8.05. The maximum absolute atomic E-state index is 12.2. The van der Waals surface area contributed by atoms with Gasteiger partial charge in [0.2, 0.25) is 5.91 Å². The SMILES string of the molecule is C[C@H](NC(=O)Cc1ccc([N+](=O)[O-])cc1)[C@H]1C[C@@H]2CC[C@@H]1C2. The highest BCUT2D eigenvalue weighted by Crippen LogP contribution is 2.49. The van der Waals surface area contributed by atoms with Gasteiger partial charge in [0.25, 0.3) is 5.69 Å². The Bertz CT molecular complexity index is 570. The van der Waals surface area contributed by atoms with Crippen LogP contribution in [0.1, 0.15) is 38.2 Å². The molecule has 2 fully saturated rings. The molecule has 2 bridgehead atoms. The van der Waals surface area contributed by atoms with Crippen LogP contribution in [-0.4, -0.2) is 16.9 Å². The van der Waals surface area contributed by atoms with E-state index in [4.69, 9.17) is 0 Å². The zero-order chi connectivity index (χ0) is 15.7. The van der Waals surface area contributed by atoms with Gasteiger partial charge in [-0.2, -0.15) is 0 Å². The normalized spacial score (nSPS) is 27.6. The van der Waals surface area contributed by atoms with E-state index < -0.39 is 4.92 Å². The molecule has 0 saturated heterocycles. The third kappa shape index (κ3) is 3.13. The first-order chi connectivity index (χ1) is 10.5. The second-order valence-electron chi connectivity index (χ2n) is 6.80. The third-order valence-electron chi connectivity index (χ3n) is 5.34. The molecule has 0 aromatic heterocycles. The lowest BCUT2D eigenvalue weighted by molar-refractivity contribution is -0.384. The van der Waals surface area contributed by atoms with Gasteiger partial charge in [0.15, 0.2) is 0 Å². The number of nitrogens with zero attached hydrogens (tertiary/aromatic N) is 1. The smallest absolute Gasteiger partial charge is 0.269 e. The number of hydrogen-bond donors (Lipinski definition) is 1. The van der Waals surface area contributed by atoms with Gasteiger partial charge in [0.05, 0.1) is 11.3 Å². The van der Waals surface area contributed by atoms with Crippen LogP contribution < -0.4 is 5.32 Å². The second-order valence-corrected chi connectivity index (χ2v) is 6.80. The van der Waals surface area contributed by atoms with Crippen molar-refractivity contribution in [1.82, 2.24) is 5.32 Å². The Morgan fingerprint density at radius 2 is 2.05 bits per heavy atom. The van der Waals surface area contributed by atoms with Crippen molar-refractivity contribution in [3.05, 3.63) is 39.9 Å². The van der Waals surface area contributed by atoms with Crippen molar-refractivity contribution in [3.8, 4) is 0 Å². The second kappa shape index (κ2) is 6.07. The predicted molar refractivity (Wildman–Crippen MR) is 83.3 cm³/mol. The van der Waals surface area contributed by atoms with Crippen LogP contribution in [0.25, 0.3) is 0 Å². The molecule has 5 nitrogen and oxygen atoms in total. The molecule has 2 aliphatic rings. The molecule has 5 heteroatoms. The molecule has 3 rings (SSSR count). The average molecular weight is 302 g/mol. The Balaban J connectivity index is 1.52. The minimum atomic E-state index is -0.430. The molecule has 0 unspecified atom stereocenters. The summed E-state index contributed by atoms with van der Waals surface area (Å²) >= 11 is 0. The number of benzene rings is 1. The number of non-ortho nitro benzene ring substituents is 1. The van der Waals surface area contributed by atoms with E-state index in [0.717, 1.165) is 17.4 Å². The molecule has 4 atom stereocenters. The van der Waals surface area contributed by atoms with E-state index in [9.17, 15) is 14.9 Å². The number of carbonyl (C=O) groups is 1. The molecule has 22 heavy (non-hydrogen) atoms. The number of hydrogen-bond acceptors (Lipinski definition) is 3. The van der Waals surface area contributed by atoms with Gasteiger partial charge in [-0.05, 0) is 49.5 Å². The number of rotatable bonds is 5. The Morgan fingerprint density at radius 1 is 1.32 bits per heavy atom. The Hall–Kier alpha value is -1.91. The minimum absolute atomic E-state index is 0.00382. The highest BCUT2D eigenvalue weighted by molar-refractivity contribution is 5.78. The van der Waals surface area contributed by atoms with Gasteiger partial charge in [-0.1, -0.05) is 18.6 Å². The van der Waals surface area contributed by atoms with Crippen LogP contribution in [0.3, 0.4) is 0 Å². The van der Waals surface area contributed by atoms with Crippen LogP contribution in [0.2, 0.25) is 0 Å². The molecule has 2 saturated carbocycles. The molecule has 1 N–H and O–H groups in total. The lowest BCUT2D eigenvalue weighted by atomic mass is 9.84. The van der Waals surface area contributed by atoms with Crippen molar-refractivity contribution >= 4 is 11.6 Å². The monoisotopic (exact) mass is 302 g/mol. The standard InChI is InChI=1S/C17H22N2O3/c1-11(16-9-13-2-5-14(16)8-13)18-17(20)10-12-3-6-15(7-4-12)19(21)22/h3-4,6-7,11,13-14,16H,2,5,8-10H2,1H3,(H,18,20)/t11-,13+,14+,16+/m0/s1. The molecule has 0 aliphatic heterocycles. The number of amides is 1. The molecule has 2 aliphatic carbocycles. The summed E-state index contributed by atoms with van der Waals surface area (Å²) in [7, 11) is 0. The van der Waals surface area contributed by atoms with E-state index in [1.807, 2.05) is 0 Å². The zero-order valence-corrected chi connectivity index (χ0v) is 12.8. The van der Waals surface area contributed by atoms with Crippen LogP contribution in [0.15, 0.2) is 24.3 Å². The summed E-state index contributed by atoms with van der Waals surface area (Å²) < 4.78 is 0. The lowest BCUT2D eigenvalue weighted by Crippen LogP contribution is -2.40. The summed E-state index contributed by atoms with van der Waals surface area (Å²) in [6, 6.07) is 6.42. The Labute approximate surface area is 130 Å². The summed E-state index contributed by atoms with van der Waals surface area (Å²) in [6.45, 7) is 2.11. The van der Waals surface area contributed by atoms with E-state index in [1.54, 1.807) is 12.1 Å². The van der Waals surface area contributed by atoms with Crippen LogP contribution in [0, 0.1) is 27.9 Å². The van der Waals surface area contributed by atoms with Crippen molar-refractivity contribution in [2.24, 2.45) is 17.8 Å². The molecule has 0 spiro atoms. The number of nitro benzene ring substituents is 1. The summed E-state index contributed by atoms with van der Waals surface area (Å²) in [5, 5.41) is 13.7. The van der Waals surface area contributed by atoms with Gasteiger partial charge in [-0.25, -0.2) is 0 Å². The fourth-order valence-corrected chi connectivity index (χ4v) is 4.24. The number of carbonyl (C=O) groups excluding carboxylic acids is 1. The van der Waals surface area contributed by atoms with Gasteiger partial charge in [-0.15, -0.1) is 0 Å². The van der Waals surface area contributed by atoms with E-state index in [0.29, 0.717) is 5.92 Å². The van der Waals surface area contributed by atoms with Crippen LogP contribution >= 0.6 is 0 Å². The summed E-state index contributed by atoms with van der Waals surface area (Å²) in [4.78, 5) is 22.3. The van der Waals surface area contributed by atoms with E-state index in [-0.39, 0.29) is 24.1 Å². The van der Waals surface area contributed by atoms with Crippen molar-refractivity contribution in [2.75, 3.05) is 0 Å².